The third kappa shape index (κ3) is 4.55. The maximum atomic E-state index is 13.3. The summed E-state index contributed by atoms with van der Waals surface area (Å²) in [5, 5.41) is 13.0. The molecule has 30 heavy (non-hydrogen) atoms. The second-order valence-electron chi connectivity index (χ2n) is 8.03. The first-order valence-electron chi connectivity index (χ1n) is 10.7. The molecule has 6 heteroatoms. The summed E-state index contributed by atoms with van der Waals surface area (Å²) in [5.74, 6) is -0.547. The Labute approximate surface area is 177 Å². The summed E-state index contributed by atoms with van der Waals surface area (Å²) < 4.78 is 5.47. The lowest BCUT2D eigenvalue weighted by Gasteiger charge is -2.37. The molecule has 0 radical (unpaired) electrons. The van der Waals surface area contributed by atoms with Crippen molar-refractivity contribution in [1.29, 1.82) is 0 Å². The normalized spacial score (nSPS) is 22.4. The van der Waals surface area contributed by atoms with Gasteiger partial charge in [0.2, 0.25) is 0 Å². The van der Waals surface area contributed by atoms with E-state index in [4.69, 9.17) is 4.74 Å². The lowest BCUT2D eigenvalue weighted by molar-refractivity contribution is -0.142. The van der Waals surface area contributed by atoms with Gasteiger partial charge in [0.25, 0.3) is 5.91 Å². The van der Waals surface area contributed by atoms with Crippen molar-refractivity contribution in [2.45, 2.75) is 31.6 Å². The number of anilines is 1. The average molecular weight is 408 g/mol. The van der Waals surface area contributed by atoms with E-state index in [1.165, 1.54) is 5.56 Å². The molecule has 1 aliphatic heterocycles. The number of nitrogens with zero attached hydrogens (tertiary/aromatic N) is 2. The number of amides is 1. The number of carbonyl (C=O) groups is 2. The average Bonchev–Trinajstić information content (AvgIpc) is 2.81. The molecule has 0 unspecified atom stereocenters. The number of hydrazine groups is 1. The minimum absolute atomic E-state index is 0.0489. The van der Waals surface area contributed by atoms with Gasteiger partial charge in [-0.1, -0.05) is 30.3 Å². The van der Waals surface area contributed by atoms with E-state index in [9.17, 15) is 14.7 Å². The molecule has 2 aromatic carbocycles. The largest absolute Gasteiger partial charge is 0.481 e. The van der Waals surface area contributed by atoms with Crippen LogP contribution in [0.4, 0.5) is 5.69 Å². The Morgan fingerprint density at radius 1 is 0.900 bits per heavy atom. The lowest BCUT2D eigenvalue weighted by Crippen LogP contribution is -2.52. The van der Waals surface area contributed by atoms with Crippen LogP contribution in [0.3, 0.4) is 0 Å². The maximum Gasteiger partial charge on any atom is 0.306 e. The zero-order chi connectivity index (χ0) is 20.9. The smallest absolute Gasteiger partial charge is 0.306 e. The Bertz CT molecular complexity index is 855. The van der Waals surface area contributed by atoms with E-state index in [0.29, 0.717) is 37.8 Å². The van der Waals surface area contributed by atoms with Gasteiger partial charge in [-0.2, -0.15) is 0 Å². The summed E-state index contributed by atoms with van der Waals surface area (Å²) in [6, 6.07) is 17.5. The quantitative estimate of drug-likeness (QED) is 0.812. The first-order valence-corrected chi connectivity index (χ1v) is 10.7. The monoisotopic (exact) mass is 408 g/mol. The molecule has 1 amide bonds. The van der Waals surface area contributed by atoms with Crippen molar-refractivity contribution < 1.29 is 19.4 Å². The second kappa shape index (κ2) is 9.41. The van der Waals surface area contributed by atoms with Gasteiger partial charge in [-0.3, -0.25) is 9.59 Å². The molecule has 1 saturated carbocycles. The van der Waals surface area contributed by atoms with E-state index in [-0.39, 0.29) is 11.8 Å². The van der Waals surface area contributed by atoms with Crippen LogP contribution in [0.15, 0.2) is 54.6 Å². The van der Waals surface area contributed by atoms with Crippen LogP contribution in [0.25, 0.3) is 0 Å². The van der Waals surface area contributed by atoms with E-state index in [1.54, 1.807) is 5.01 Å². The number of benzene rings is 2. The van der Waals surface area contributed by atoms with Crippen LogP contribution in [0.1, 0.15) is 47.5 Å². The standard InChI is InChI=1S/C24H28N2O4/c27-23(20-4-2-1-3-5-20)26(25-14-16-30-17-15-25)22-12-10-19(11-13-22)18-6-8-21(9-7-18)24(28)29/h1-5,10-13,18,21H,6-9,14-17H2,(H,28,29). The first-order chi connectivity index (χ1) is 14.6. The Kier molecular flexibility index (Phi) is 6.45. The van der Waals surface area contributed by atoms with Crippen LogP contribution in [-0.4, -0.2) is 48.3 Å². The van der Waals surface area contributed by atoms with E-state index >= 15 is 0 Å². The highest BCUT2D eigenvalue weighted by atomic mass is 16.5. The van der Waals surface area contributed by atoms with Gasteiger partial charge < -0.3 is 9.84 Å². The summed E-state index contributed by atoms with van der Waals surface area (Å²) in [7, 11) is 0. The molecular formula is C24H28N2O4. The number of morpholine rings is 1. The lowest BCUT2D eigenvalue weighted by atomic mass is 9.79. The fourth-order valence-corrected chi connectivity index (χ4v) is 4.43. The summed E-state index contributed by atoms with van der Waals surface area (Å²) in [5.41, 5.74) is 2.71. The Hall–Kier alpha value is -2.70. The zero-order valence-corrected chi connectivity index (χ0v) is 17.1. The molecule has 158 valence electrons. The van der Waals surface area contributed by atoms with Crippen molar-refractivity contribution in [3.05, 3.63) is 65.7 Å². The van der Waals surface area contributed by atoms with Crippen LogP contribution in [-0.2, 0) is 9.53 Å². The van der Waals surface area contributed by atoms with Gasteiger partial charge in [0.05, 0.1) is 24.8 Å². The summed E-state index contributed by atoms with van der Waals surface area (Å²) >= 11 is 0. The van der Waals surface area contributed by atoms with Crippen LogP contribution in [0, 0.1) is 5.92 Å². The summed E-state index contributed by atoms with van der Waals surface area (Å²) in [6.45, 7) is 2.53. The van der Waals surface area contributed by atoms with Crippen molar-refractivity contribution in [3.63, 3.8) is 0 Å². The molecule has 0 spiro atoms. The Morgan fingerprint density at radius 2 is 1.53 bits per heavy atom. The van der Waals surface area contributed by atoms with Gasteiger partial charge in [0.1, 0.15) is 0 Å². The summed E-state index contributed by atoms with van der Waals surface area (Å²) in [4.78, 5) is 24.5. The number of rotatable bonds is 5. The van der Waals surface area contributed by atoms with Gasteiger partial charge in [-0.05, 0) is 61.4 Å². The molecule has 4 rings (SSSR count). The van der Waals surface area contributed by atoms with Crippen LogP contribution >= 0.6 is 0 Å². The minimum Gasteiger partial charge on any atom is -0.481 e. The molecule has 2 aliphatic rings. The van der Waals surface area contributed by atoms with Crippen LogP contribution in [0.5, 0.6) is 0 Å². The SMILES string of the molecule is O=C(O)C1CCC(c2ccc(N(C(=O)c3ccccc3)N3CCOCC3)cc2)CC1. The number of hydrogen-bond donors (Lipinski definition) is 1. The molecule has 1 N–H and O–H groups in total. The van der Waals surface area contributed by atoms with Gasteiger partial charge >= 0.3 is 5.97 Å². The number of ether oxygens (including phenoxy) is 1. The number of aliphatic carboxylic acids is 1. The number of carboxylic acids is 1. The predicted molar refractivity (Wildman–Crippen MR) is 114 cm³/mol. The van der Waals surface area contributed by atoms with Gasteiger partial charge in [0, 0.05) is 18.7 Å². The van der Waals surface area contributed by atoms with E-state index < -0.39 is 5.97 Å². The third-order valence-corrected chi connectivity index (χ3v) is 6.17. The van der Waals surface area contributed by atoms with Crippen molar-refractivity contribution in [2.24, 2.45) is 5.92 Å². The van der Waals surface area contributed by atoms with Gasteiger partial charge in [-0.25, -0.2) is 10.0 Å². The van der Waals surface area contributed by atoms with Crippen molar-refractivity contribution >= 4 is 17.6 Å². The fourth-order valence-electron chi connectivity index (χ4n) is 4.43. The number of hydrogen-bond acceptors (Lipinski definition) is 4. The molecule has 0 atom stereocenters. The molecule has 1 saturated heterocycles. The van der Waals surface area contributed by atoms with Crippen LogP contribution < -0.4 is 5.01 Å². The summed E-state index contributed by atoms with van der Waals surface area (Å²) in [6.07, 6.45) is 3.25. The minimum atomic E-state index is -0.677. The second-order valence-corrected chi connectivity index (χ2v) is 8.03. The highest BCUT2D eigenvalue weighted by Crippen LogP contribution is 2.36. The highest BCUT2D eigenvalue weighted by Gasteiger charge is 2.28. The molecule has 2 fully saturated rings. The molecule has 1 heterocycles. The molecule has 6 nitrogen and oxygen atoms in total. The van der Waals surface area contributed by atoms with Crippen molar-refractivity contribution in [3.8, 4) is 0 Å². The molecule has 1 aliphatic carbocycles. The van der Waals surface area contributed by atoms with Crippen LogP contribution in [0.2, 0.25) is 0 Å². The number of carbonyl (C=O) groups excluding carboxylic acids is 1. The number of carboxylic acid groups (broad SMARTS) is 1. The Morgan fingerprint density at radius 3 is 2.13 bits per heavy atom. The topological polar surface area (TPSA) is 70.1 Å². The van der Waals surface area contributed by atoms with Crippen molar-refractivity contribution in [2.75, 3.05) is 31.3 Å². The van der Waals surface area contributed by atoms with E-state index in [0.717, 1.165) is 31.4 Å². The maximum absolute atomic E-state index is 13.3. The van der Waals surface area contributed by atoms with Gasteiger partial charge in [0.15, 0.2) is 0 Å². The zero-order valence-electron chi connectivity index (χ0n) is 17.1. The molecule has 0 aromatic heterocycles. The Balaban J connectivity index is 1.54. The molecular weight excluding hydrogens is 380 g/mol. The van der Waals surface area contributed by atoms with E-state index in [2.05, 4.69) is 12.1 Å². The fraction of sp³-hybridized carbons (Fsp3) is 0.417. The molecule has 0 bridgehead atoms. The predicted octanol–water partition coefficient (Wildman–Crippen LogP) is 3.94. The van der Waals surface area contributed by atoms with E-state index in [1.807, 2.05) is 47.5 Å². The molecule has 2 aromatic rings. The van der Waals surface area contributed by atoms with Crippen molar-refractivity contribution in [1.82, 2.24) is 5.01 Å². The first kappa shape index (κ1) is 20.6. The highest BCUT2D eigenvalue weighted by molar-refractivity contribution is 6.05. The third-order valence-electron chi connectivity index (χ3n) is 6.17. The van der Waals surface area contributed by atoms with Gasteiger partial charge in [-0.15, -0.1) is 0 Å².